The van der Waals surface area contributed by atoms with E-state index in [1.54, 1.807) is 6.07 Å². The van der Waals surface area contributed by atoms with Crippen molar-refractivity contribution in [2.24, 2.45) is 0 Å². The first kappa shape index (κ1) is 19.4. The van der Waals surface area contributed by atoms with Crippen molar-refractivity contribution in [3.8, 4) is 0 Å². The van der Waals surface area contributed by atoms with Crippen LogP contribution < -0.4 is 10.2 Å². The Hall–Kier alpha value is -2.40. The smallest absolute Gasteiger partial charge is 0.251 e. The van der Waals surface area contributed by atoms with Gasteiger partial charge in [0.05, 0.1) is 5.69 Å². The molecule has 0 spiro atoms. The molecule has 0 aliphatic carbocycles. The molecule has 0 aromatic heterocycles. The molecule has 144 valence electrons. The van der Waals surface area contributed by atoms with E-state index in [0.717, 1.165) is 55.8 Å². The van der Waals surface area contributed by atoms with E-state index in [1.165, 1.54) is 6.07 Å². The second kappa shape index (κ2) is 9.00. The number of anilines is 1. The second-order valence-corrected chi connectivity index (χ2v) is 7.21. The molecule has 1 saturated heterocycles. The number of carbonyl (C=O) groups excluding carboxylic acids is 1. The third-order valence-corrected chi connectivity index (χ3v) is 5.14. The lowest BCUT2D eigenvalue weighted by atomic mass is 10.1. The van der Waals surface area contributed by atoms with E-state index >= 15 is 0 Å². The molecule has 5 heteroatoms. The molecule has 2 aromatic carbocycles. The Balaban J connectivity index is 1.39. The van der Waals surface area contributed by atoms with E-state index in [9.17, 15) is 9.18 Å². The molecule has 1 aliphatic heterocycles. The SMILES string of the molecule is Cc1ccc(C)c(C(=O)NCCCN2CCN(c3ccccc3F)CC2)c1. The van der Waals surface area contributed by atoms with Gasteiger partial charge in [-0.3, -0.25) is 9.69 Å². The number of benzene rings is 2. The average molecular weight is 369 g/mol. The normalized spacial score (nSPS) is 15.0. The van der Waals surface area contributed by atoms with Crippen molar-refractivity contribution in [1.82, 2.24) is 10.2 Å². The van der Waals surface area contributed by atoms with E-state index in [2.05, 4.69) is 15.1 Å². The Labute approximate surface area is 161 Å². The first-order chi connectivity index (χ1) is 13.0. The minimum absolute atomic E-state index is 0.000530. The molecule has 0 atom stereocenters. The van der Waals surface area contributed by atoms with Gasteiger partial charge in [0.1, 0.15) is 5.82 Å². The number of amides is 1. The van der Waals surface area contributed by atoms with Crippen LogP contribution >= 0.6 is 0 Å². The second-order valence-electron chi connectivity index (χ2n) is 7.21. The van der Waals surface area contributed by atoms with Crippen LogP contribution in [0.25, 0.3) is 0 Å². The molecule has 2 aromatic rings. The van der Waals surface area contributed by atoms with Gasteiger partial charge in [-0.15, -0.1) is 0 Å². The molecular weight excluding hydrogens is 341 g/mol. The van der Waals surface area contributed by atoms with Gasteiger partial charge >= 0.3 is 0 Å². The number of hydrogen-bond donors (Lipinski definition) is 1. The van der Waals surface area contributed by atoms with Crippen LogP contribution in [-0.2, 0) is 0 Å². The van der Waals surface area contributed by atoms with Crippen molar-refractivity contribution in [3.05, 3.63) is 65.0 Å². The summed E-state index contributed by atoms with van der Waals surface area (Å²) in [7, 11) is 0. The number of rotatable bonds is 6. The van der Waals surface area contributed by atoms with E-state index in [0.29, 0.717) is 12.2 Å². The summed E-state index contributed by atoms with van der Waals surface area (Å²) >= 11 is 0. The highest BCUT2D eigenvalue weighted by molar-refractivity contribution is 5.95. The number of halogens is 1. The van der Waals surface area contributed by atoms with E-state index in [-0.39, 0.29) is 11.7 Å². The molecule has 0 bridgehead atoms. The maximum atomic E-state index is 13.9. The summed E-state index contributed by atoms with van der Waals surface area (Å²) in [5, 5.41) is 3.02. The summed E-state index contributed by atoms with van der Waals surface area (Å²) in [6.45, 7) is 9.06. The molecule has 1 aliphatic rings. The zero-order chi connectivity index (χ0) is 19.2. The first-order valence-corrected chi connectivity index (χ1v) is 9.62. The number of aryl methyl sites for hydroxylation is 2. The standard InChI is InChI=1S/C22H28FN3O/c1-17-8-9-18(2)19(16-17)22(27)24-10-5-11-25-12-14-26(15-13-25)21-7-4-3-6-20(21)23/h3-4,6-9,16H,5,10-15H2,1-2H3,(H,24,27). The van der Waals surface area contributed by atoms with Gasteiger partial charge in [-0.2, -0.15) is 0 Å². The number of nitrogens with zero attached hydrogens (tertiary/aromatic N) is 2. The molecule has 0 unspecified atom stereocenters. The van der Waals surface area contributed by atoms with Gasteiger partial charge in [-0.05, 0) is 50.6 Å². The minimum Gasteiger partial charge on any atom is -0.367 e. The van der Waals surface area contributed by atoms with Crippen LogP contribution in [0.1, 0.15) is 27.9 Å². The Morgan fingerprint density at radius 1 is 1.07 bits per heavy atom. The molecular formula is C22H28FN3O. The molecule has 4 nitrogen and oxygen atoms in total. The van der Waals surface area contributed by atoms with Crippen LogP contribution in [0.5, 0.6) is 0 Å². The Morgan fingerprint density at radius 2 is 1.81 bits per heavy atom. The molecule has 0 radical (unpaired) electrons. The lowest BCUT2D eigenvalue weighted by Crippen LogP contribution is -2.47. The third kappa shape index (κ3) is 5.07. The van der Waals surface area contributed by atoms with Gasteiger partial charge in [0, 0.05) is 38.3 Å². The highest BCUT2D eigenvalue weighted by Gasteiger charge is 2.18. The van der Waals surface area contributed by atoms with Gasteiger partial charge in [-0.1, -0.05) is 29.8 Å². The molecule has 1 amide bonds. The average Bonchev–Trinajstić information content (AvgIpc) is 2.68. The predicted octanol–water partition coefficient (Wildman–Crippen LogP) is 3.38. The Kier molecular flexibility index (Phi) is 6.45. The number of para-hydroxylation sites is 1. The highest BCUT2D eigenvalue weighted by atomic mass is 19.1. The maximum Gasteiger partial charge on any atom is 0.251 e. The lowest BCUT2D eigenvalue weighted by Gasteiger charge is -2.36. The monoisotopic (exact) mass is 369 g/mol. The Bertz CT molecular complexity index is 785. The number of nitrogens with one attached hydrogen (secondary N) is 1. The topological polar surface area (TPSA) is 35.6 Å². The van der Waals surface area contributed by atoms with Crippen LogP contribution in [0.4, 0.5) is 10.1 Å². The summed E-state index contributed by atoms with van der Waals surface area (Å²) in [6.07, 6.45) is 0.913. The van der Waals surface area contributed by atoms with Crippen LogP contribution in [0.2, 0.25) is 0 Å². The minimum atomic E-state index is -0.153. The van der Waals surface area contributed by atoms with Crippen LogP contribution in [0.3, 0.4) is 0 Å². The van der Waals surface area contributed by atoms with Crippen molar-refractivity contribution in [2.45, 2.75) is 20.3 Å². The first-order valence-electron chi connectivity index (χ1n) is 9.62. The van der Waals surface area contributed by atoms with Crippen LogP contribution in [-0.4, -0.2) is 50.1 Å². The van der Waals surface area contributed by atoms with Gasteiger partial charge in [-0.25, -0.2) is 4.39 Å². The van der Waals surface area contributed by atoms with Gasteiger partial charge in [0.25, 0.3) is 5.91 Å². The summed E-state index contributed by atoms with van der Waals surface area (Å²) in [6, 6.07) is 12.9. The fourth-order valence-electron chi connectivity index (χ4n) is 3.50. The molecule has 1 N–H and O–H groups in total. The number of carbonyl (C=O) groups is 1. The maximum absolute atomic E-state index is 13.9. The van der Waals surface area contributed by atoms with Crippen molar-refractivity contribution in [3.63, 3.8) is 0 Å². The van der Waals surface area contributed by atoms with Crippen molar-refractivity contribution in [1.29, 1.82) is 0 Å². The molecule has 3 rings (SSSR count). The van der Waals surface area contributed by atoms with Gasteiger partial charge in [0.2, 0.25) is 0 Å². The quantitative estimate of drug-likeness (QED) is 0.793. The van der Waals surface area contributed by atoms with Crippen molar-refractivity contribution in [2.75, 3.05) is 44.2 Å². The highest BCUT2D eigenvalue weighted by Crippen LogP contribution is 2.20. The predicted molar refractivity (Wildman–Crippen MR) is 108 cm³/mol. The summed E-state index contributed by atoms with van der Waals surface area (Å²) in [5.74, 6) is -0.152. The van der Waals surface area contributed by atoms with E-state index in [4.69, 9.17) is 0 Å². The van der Waals surface area contributed by atoms with Gasteiger partial charge in [0.15, 0.2) is 0 Å². The van der Waals surface area contributed by atoms with E-state index in [1.807, 2.05) is 44.2 Å². The summed E-state index contributed by atoms with van der Waals surface area (Å²) in [5.41, 5.74) is 3.55. The van der Waals surface area contributed by atoms with Crippen molar-refractivity contribution >= 4 is 11.6 Å². The molecule has 0 saturated carbocycles. The number of piperazine rings is 1. The van der Waals surface area contributed by atoms with E-state index < -0.39 is 0 Å². The zero-order valence-electron chi connectivity index (χ0n) is 16.2. The molecule has 1 heterocycles. The summed E-state index contributed by atoms with van der Waals surface area (Å²) in [4.78, 5) is 16.8. The van der Waals surface area contributed by atoms with Crippen LogP contribution in [0.15, 0.2) is 42.5 Å². The largest absolute Gasteiger partial charge is 0.367 e. The Morgan fingerprint density at radius 3 is 2.56 bits per heavy atom. The fraction of sp³-hybridized carbons (Fsp3) is 0.409. The zero-order valence-corrected chi connectivity index (χ0v) is 16.2. The third-order valence-electron chi connectivity index (χ3n) is 5.14. The van der Waals surface area contributed by atoms with Crippen molar-refractivity contribution < 1.29 is 9.18 Å². The fourth-order valence-corrected chi connectivity index (χ4v) is 3.50. The number of hydrogen-bond acceptors (Lipinski definition) is 3. The molecule has 1 fully saturated rings. The molecule has 27 heavy (non-hydrogen) atoms. The summed E-state index contributed by atoms with van der Waals surface area (Å²) < 4.78 is 13.9. The van der Waals surface area contributed by atoms with Crippen LogP contribution in [0, 0.1) is 19.7 Å². The van der Waals surface area contributed by atoms with Gasteiger partial charge < -0.3 is 10.2 Å². The lowest BCUT2D eigenvalue weighted by molar-refractivity contribution is 0.0950.